The van der Waals surface area contributed by atoms with Gasteiger partial charge in [0.2, 0.25) is 0 Å². The highest BCUT2D eigenvalue weighted by molar-refractivity contribution is 5.91. The molecule has 1 saturated heterocycles. The topological polar surface area (TPSA) is 25.4 Å². The summed E-state index contributed by atoms with van der Waals surface area (Å²) in [5.74, 6) is 1.02. The van der Waals surface area contributed by atoms with E-state index in [0.717, 1.165) is 37.2 Å². The van der Waals surface area contributed by atoms with Crippen molar-refractivity contribution >= 4 is 16.6 Å². The zero-order chi connectivity index (χ0) is 16.4. The summed E-state index contributed by atoms with van der Waals surface area (Å²) >= 11 is 0. The zero-order valence-corrected chi connectivity index (χ0v) is 14.0. The second-order valence-corrected chi connectivity index (χ2v) is 6.42. The molecule has 122 valence electrons. The van der Waals surface area contributed by atoms with Crippen molar-refractivity contribution in [2.24, 2.45) is 0 Å². The van der Waals surface area contributed by atoms with Crippen LogP contribution < -0.4 is 9.64 Å². The summed E-state index contributed by atoms with van der Waals surface area (Å²) in [6.45, 7) is 4.14. The largest absolute Gasteiger partial charge is 0.490 e. The molecule has 1 aromatic heterocycles. The number of anilines is 1. The van der Waals surface area contributed by atoms with Gasteiger partial charge in [0.25, 0.3) is 0 Å². The molecule has 0 aliphatic carbocycles. The normalized spacial score (nSPS) is 15.6. The van der Waals surface area contributed by atoms with Crippen molar-refractivity contribution < 1.29 is 4.74 Å². The van der Waals surface area contributed by atoms with Gasteiger partial charge in [0.1, 0.15) is 11.9 Å². The highest BCUT2D eigenvalue weighted by Crippen LogP contribution is 2.29. The number of hydrogen-bond acceptors (Lipinski definition) is 3. The van der Waals surface area contributed by atoms with Crippen LogP contribution in [0.2, 0.25) is 0 Å². The van der Waals surface area contributed by atoms with Gasteiger partial charge in [-0.25, -0.2) is 0 Å². The molecule has 0 saturated carbocycles. The van der Waals surface area contributed by atoms with Gasteiger partial charge in [0, 0.05) is 43.2 Å². The van der Waals surface area contributed by atoms with Gasteiger partial charge in [-0.2, -0.15) is 0 Å². The molecule has 0 radical (unpaired) electrons. The zero-order valence-electron chi connectivity index (χ0n) is 14.0. The highest BCUT2D eigenvalue weighted by atomic mass is 16.5. The van der Waals surface area contributed by atoms with Gasteiger partial charge >= 0.3 is 0 Å². The first-order chi connectivity index (χ1) is 11.8. The Morgan fingerprint density at radius 1 is 0.958 bits per heavy atom. The van der Waals surface area contributed by atoms with E-state index in [2.05, 4.69) is 59.3 Å². The fourth-order valence-corrected chi connectivity index (χ4v) is 3.44. The van der Waals surface area contributed by atoms with Crippen LogP contribution >= 0.6 is 0 Å². The maximum atomic E-state index is 6.22. The van der Waals surface area contributed by atoms with Crippen molar-refractivity contribution in [3.8, 4) is 5.75 Å². The monoisotopic (exact) mass is 318 g/mol. The third-order valence-electron chi connectivity index (χ3n) is 4.80. The molecular formula is C21H22N2O. The second kappa shape index (κ2) is 6.52. The Morgan fingerprint density at radius 3 is 2.54 bits per heavy atom. The van der Waals surface area contributed by atoms with E-state index in [4.69, 9.17) is 4.74 Å². The van der Waals surface area contributed by atoms with Crippen LogP contribution in [0.15, 0.2) is 60.8 Å². The molecule has 0 unspecified atom stereocenters. The number of pyridine rings is 1. The Morgan fingerprint density at radius 2 is 1.71 bits per heavy atom. The van der Waals surface area contributed by atoms with Gasteiger partial charge in [-0.05, 0) is 30.7 Å². The van der Waals surface area contributed by atoms with E-state index in [1.807, 2.05) is 18.3 Å². The first-order valence-electron chi connectivity index (χ1n) is 8.62. The van der Waals surface area contributed by atoms with E-state index >= 15 is 0 Å². The lowest BCUT2D eigenvalue weighted by atomic mass is 10.1. The predicted molar refractivity (Wildman–Crippen MR) is 98.8 cm³/mol. The number of aromatic nitrogens is 1. The fraction of sp³-hybridized carbons (Fsp3) is 0.286. The number of benzene rings is 2. The molecule has 4 rings (SSSR count). The number of piperidine rings is 1. The molecule has 0 bridgehead atoms. The minimum absolute atomic E-state index is 0.301. The second-order valence-electron chi connectivity index (χ2n) is 6.42. The van der Waals surface area contributed by atoms with Crippen LogP contribution in [-0.2, 0) is 0 Å². The minimum atomic E-state index is 0.301. The van der Waals surface area contributed by atoms with Crippen LogP contribution in [-0.4, -0.2) is 24.2 Å². The van der Waals surface area contributed by atoms with E-state index in [-0.39, 0.29) is 0 Å². The van der Waals surface area contributed by atoms with Gasteiger partial charge in [0.15, 0.2) is 0 Å². The molecule has 3 nitrogen and oxygen atoms in total. The first kappa shape index (κ1) is 15.0. The van der Waals surface area contributed by atoms with Crippen LogP contribution in [0.25, 0.3) is 10.9 Å². The van der Waals surface area contributed by atoms with Gasteiger partial charge in [-0.3, -0.25) is 4.98 Å². The molecule has 24 heavy (non-hydrogen) atoms. The standard InChI is InChI=1S/C21H22N2O/c1-16-6-2-5-9-21(16)24-17-11-14-23(15-12-17)20-10-13-22-19-8-4-3-7-18(19)20/h2-10,13,17H,11-12,14-15H2,1H3. The third kappa shape index (κ3) is 2.94. The Kier molecular flexibility index (Phi) is 4.08. The first-order valence-corrected chi connectivity index (χ1v) is 8.62. The number of ether oxygens (including phenoxy) is 1. The molecule has 1 aliphatic rings. The summed E-state index contributed by atoms with van der Waals surface area (Å²) < 4.78 is 6.22. The average molecular weight is 318 g/mol. The summed E-state index contributed by atoms with van der Waals surface area (Å²) in [6, 6.07) is 18.8. The lowest BCUT2D eigenvalue weighted by Crippen LogP contribution is -2.38. The summed E-state index contributed by atoms with van der Waals surface area (Å²) in [5, 5.41) is 1.23. The molecule has 1 fully saturated rings. The van der Waals surface area contributed by atoms with Crippen molar-refractivity contribution in [2.45, 2.75) is 25.9 Å². The van der Waals surface area contributed by atoms with Crippen molar-refractivity contribution in [2.75, 3.05) is 18.0 Å². The maximum absolute atomic E-state index is 6.22. The van der Waals surface area contributed by atoms with Crippen molar-refractivity contribution in [1.82, 2.24) is 4.98 Å². The van der Waals surface area contributed by atoms with E-state index in [9.17, 15) is 0 Å². The minimum Gasteiger partial charge on any atom is -0.490 e. The van der Waals surface area contributed by atoms with Crippen LogP contribution in [0.5, 0.6) is 5.75 Å². The molecule has 3 aromatic rings. The summed E-state index contributed by atoms with van der Waals surface area (Å²) in [5.41, 5.74) is 3.56. The Balaban J connectivity index is 1.47. The molecule has 2 aromatic carbocycles. The van der Waals surface area contributed by atoms with Gasteiger partial charge in [-0.1, -0.05) is 36.4 Å². The number of hydrogen-bond donors (Lipinski definition) is 0. The van der Waals surface area contributed by atoms with E-state index in [1.54, 1.807) is 0 Å². The number of para-hydroxylation sites is 2. The van der Waals surface area contributed by atoms with Crippen molar-refractivity contribution in [3.63, 3.8) is 0 Å². The molecule has 0 atom stereocenters. The van der Waals surface area contributed by atoms with Crippen LogP contribution in [0.1, 0.15) is 18.4 Å². The van der Waals surface area contributed by atoms with E-state index < -0.39 is 0 Å². The summed E-state index contributed by atoms with van der Waals surface area (Å²) in [7, 11) is 0. The van der Waals surface area contributed by atoms with Crippen LogP contribution in [0.3, 0.4) is 0 Å². The molecule has 0 N–H and O–H groups in total. The Labute approximate surface area is 142 Å². The third-order valence-corrected chi connectivity index (χ3v) is 4.80. The van der Waals surface area contributed by atoms with E-state index in [0.29, 0.717) is 6.10 Å². The molecule has 0 spiro atoms. The summed E-state index contributed by atoms with van der Waals surface area (Å²) in [4.78, 5) is 6.93. The van der Waals surface area contributed by atoms with Crippen LogP contribution in [0.4, 0.5) is 5.69 Å². The SMILES string of the molecule is Cc1ccccc1OC1CCN(c2ccnc3ccccc23)CC1. The Bertz CT molecular complexity index is 833. The number of rotatable bonds is 3. The van der Waals surface area contributed by atoms with Crippen molar-refractivity contribution in [1.29, 1.82) is 0 Å². The lowest BCUT2D eigenvalue weighted by Gasteiger charge is -2.34. The number of aryl methyl sites for hydroxylation is 1. The average Bonchev–Trinajstić information content (AvgIpc) is 2.64. The predicted octanol–water partition coefficient (Wildman–Crippen LogP) is 4.59. The summed E-state index contributed by atoms with van der Waals surface area (Å²) in [6.07, 6.45) is 4.30. The quantitative estimate of drug-likeness (QED) is 0.706. The van der Waals surface area contributed by atoms with Crippen LogP contribution in [0, 0.1) is 6.92 Å². The van der Waals surface area contributed by atoms with Gasteiger partial charge < -0.3 is 9.64 Å². The lowest BCUT2D eigenvalue weighted by molar-refractivity contribution is 0.170. The van der Waals surface area contributed by atoms with E-state index in [1.165, 1.54) is 16.6 Å². The number of fused-ring (bicyclic) bond motifs is 1. The highest BCUT2D eigenvalue weighted by Gasteiger charge is 2.22. The fourth-order valence-electron chi connectivity index (χ4n) is 3.44. The molecule has 0 amide bonds. The Hall–Kier alpha value is -2.55. The molecule has 3 heteroatoms. The molecule has 1 aliphatic heterocycles. The molecular weight excluding hydrogens is 296 g/mol. The number of nitrogens with zero attached hydrogens (tertiary/aromatic N) is 2. The molecule has 2 heterocycles. The van der Waals surface area contributed by atoms with Gasteiger partial charge in [-0.15, -0.1) is 0 Å². The smallest absolute Gasteiger partial charge is 0.122 e. The van der Waals surface area contributed by atoms with Crippen molar-refractivity contribution in [3.05, 3.63) is 66.4 Å². The maximum Gasteiger partial charge on any atom is 0.122 e. The van der Waals surface area contributed by atoms with Gasteiger partial charge in [0.05, 0.1) is 5.52 Å².